The molecule has 0 aliphatic carbocycles. The number of likely N-dealkylation sites (tertiary alicyclic amines) is 1. The molecule has 1 aromatic rings. The Balaban J connectivity index is 2.08. The minimum Gasteiger partial charge on any atom is -0.497 e. The van der Waals surface area contributed by atoms with Crippen LogP contribution in [0.1, 0.15) is 12.8 Å². The maximum atomic E-state index is 12.6. The fourth-order valence-corrected chi connectivity index (χ4v) is 2.79. The average Bonchev–Trinajstić information content (AvgIpc) is 2.60. The van der Waals surface area contributed by atoms with Crippen molar-refractivity contribution in [2.75, 3.05) is 46.7 Å². The van der Waals surface area contributed by atoms with Crippen LogP contribution in [-0.2, 0) is 4.79 Å². The summed E-state index contributed by atoms with van der Waals surface area (Å²) in [6.07, 6.45) is 1.57. The topological polar surface area (TPSA) is 71.1 Å². The van der Waals surface area contributed by atoms with Crippen LogP contribution in [0.3, 0.4) is 0 Å². The van der Waals surface area contributed by atoms with E-state index in [0.29, 0.717) is 30.3 Å². The molecule has 1 atom stereocenters. The summed E-state index contributed by atoms with van der Waals surface area (Å²) in [6.45, 7) is 1.11. The van der Waals surface area contributed by atoms with Crippen LogP contribution < -0.4 is 14.8 Å². The molecule has 1 fully saturated rings. The Bertz CT molecular complexity index is 603. The van der Waals surface area contributed by atoms with Crippen molar-refractivity contribution in [3.63, 3.8) is 0 Å². The van der Waals surface area contributed by atoms with Gasteiger partial charge in [-0.15, -0.1) is 0 Å². The van der Waals surface area contributed by atoms with Crippen LogP contribution >= 0.6 is 0 Å². The van der Waals surface area contributed by atoms with Crippen molar-refractivity contribution >= 4 is 17.6 Å². The fourth-order valence-electron chi connectivity index (χ4n) is 2.79. The lowest BCUT2D eigenvalue weighted by molar-refractivity contribution is -0.121. The van der Waals surface area contributed by atoms with E-state index in [4.69, 9.17) is 9.47 Å². The van der Waals surface area contributed by atoms with Gasteiger partial charge in [0.2, 0.25) is 5.91 Å². The lowest BCUT2D eigenvalue weighted by Gasteiger charge is -2.33. The highest BCUT2D eigenvalue weighted by molar-refractivity contribution is 5.94. The maximum absolute atomic E-state index is 12.6. The molecule has 1 N–H and O–H groups in total. The molecule has 7 nitrogen and oxygen atoms in total. The minimum absolute atomic E-state index is 0.0635. The van der Waals surface area contributed by atoms with Crippen LogP contribution in [0.15, 0.2) is 18.2 Å². The number of carbonyl (C=O) groups is 2. The fraction of sp³-hybridized carbons (Fsp3) is 0.529. The van der Waals surface area contributed by atoms with Gasteiger partial charge in [-0.3, -0.25) is 4.79 Å². The maximum Gasteiger partial charge on any atom is 0.319 e. The Labute approximate surface area is 142 Å². The lowest BCUT2D eigenvalue weighted by atomic mass is 9.97. The van der Waals surface area contributed by atoms with Crippen LogP contribution in [-0.4, -0.2) is 63.1 Å². The van der Waals surface area contributed by atoms with E-state index in [0.717, 1.165) is 12.8 Å². The Morgan fingerprint density at radius 3 is 2.62 bits per heavy atom. The van der Waals surface area contributed by atoms with E-state index in [1.807, 2.05) is 0 Å². The van der Waals surface area contributed by atoms with Gasteiger partial charge in [-0.05, 0) is 25.0 Å². The predicted octanol–water partition coefficient (Wildman–Crippen LogP) is 2.04. The molecular formula is C17H25N3O4. The van der Waals surface area contributed by atoms with E-state index >= 15 is 0 Å². The summed E-state index contributed by atoms with van der Waals surface area (Å²) >= 11 is 0. The smallest absolute Gasteiger partial charge is 0.319 e. The van der Waals surface area contributed by atoms with E-state index in [-0.39, 0.29) is 17.9 Å². The number of amides is 3. The zero-order chi connectivity index (χ0) is 17.7. The molecular weight excluding hydrogens is 310 g/mol. The summed E-state index contributed by atoms with van der Waals surface area (Å²) in [4.78, 5) is 28.0. The summed E-state index contributed by atoms with van der Waals surface area (Å²) in [6, 6.07) is 5.18. The first-order valence-corrected chi connectivity index (χ1v) is 7.95. The van der Waals surface area contributed by atoms with Crippen LogP contribution in [0.5, 0.6) is 11.5 Å². The first-order chi connectivity index (χ1) is 11.5. The van der Waals surface area contributed by atoms with Gasteiger partial charge in [0.1, 0.15) is 11.5 Å². The Morgan fingerprint density at radius 1 is 1.25 bits per heavy atom. The van der Waals surface area contributed by atoms with Gasteiger partial charge in [-0.25, -0.2) is 4.79 Å². The highest BCUT2D eigenvalue weighted by atomic mass is 16.5. The van der Waals surface area contributed by atoms with Crippen LogP contribution in [0.2, 0.25) is 0 Å². The third kappa shape index (κ3) is 4.10. The third-order valence-corrected chi connectivity index (χ3v) is 4.11. The number of anilines is 1. The van der Waals surface area contributed by atoms with Gasteiger partial charge in [-0.2, -0.15) is 0 Å². The van der Waals surface area contributed by atoms with E-state index in [2.05, 4.69) is 5.32 Å². The molecule has 2 rings (SSSR count). The van der Waals surface area contributed by atoms with E-state index in [1.165, 1.54) is 4.90 Å². The van der Waals surface area contributed by atoms with Crippen molar-refractivity contribution in [3.8, 4) is 11.5 Å². The van der Waals surface area contributed by atoms with Gasteiger partial charge in [0, 0.05) is 33.3 Å². The molecule has 3 amide bonds. The van der Waals surface area contributed by atoms with Crippen molar-refractivity contribution in [2.45, 2.75) is 12.8 Å². The molecule has 1 saturated heterocycles. The number of benzene rings is 1. The third-order valence-electron chi connectivity index (χ3n) is 4.11. The van der Waals surface area contributed by atoms with Crippen molar-refractivity contribution in [1.82, 2.24) is 9.80 Å². The lowest BCUT2D eigenvalue weighted by Crippen LogP contribution is -2.47. The highest BCUT2D eigenvalue weighted by Gasteiger charge is 2.29. The summed E-state index contributed by atoms with van der Waals surface area (Å²) < 4.78 is 10.5. The highest BCUT2D eigenvalue weighted by Crippen LogP contribution is 2.30. The van der Waals surface area contributed by atoms with Gasteiger partial charge in [0.25, 0.3) is 0 Å². The molecule has 0 saturated carbocycles. The Hall–Kier alpha value is -2.44. The van der Waals surface area contributed by atoms with Gasteiger partial charge in [0.05, 0.1) is 25.8 Å². The zero-order valence-electron chi connectivity index (χ0n) is 14.7. The number of hydrogen-bond donors (Lipinski definition) is 1. The molecule has 0 spiro atoms. The van der Waals surface area contributed by atoms with E-state index < -0.39 is 0 Å². The number of nitrogens with zero attached hydrogens (tertiary/aromatic N) is 2. The molecule has 1 aliphatic heterocycles. The zero-order valence-corrected chi connectivity index (χ0v) is 14.7. The number of methoxy groups -OCH3 is 2. The molecule has 132 valence electrons. The molecule has 0 bridgehead atoms. The first-order valence-electron chi connectivity index (χ1n) is 7.95. The number of hydrogen-bond acceptors (Lipinski definition) is 4. The minimum atomic E-state index is -0.237. The van der Waals surface area contributed by atoms with Gasteiger partial charge < -0.3 is 24.6 Å². The number of urea groups is 1. The number of ether oxygens (including phenoxy) is 2. The average molecular weight is 335 g/mol. The quantitative estimate of drug-likeness (QED) is 0.914. The monoisotopic (exact) mass is 335 g/mol. The summed E-state index contributed by atoms with van der Waals surface area (Å²) in [5.41, 5.74) is 0.568. The molecule has 24 heavy (non-hydrogen) atoms. The van der Waals surface area contributed by atoms with E-state index in [1.54, 1.807) is 51.4 Å². The summed E-state index contributed by atoms with van der Waals surface area (Å²) in [5, 5.41) is 2.90. The Kier molecular flexibility index (Phi) is 5.89. The van der Waals surface area contributed by atoms with Crippen molar-refractivity contribution in [1.29, 1.82) is 0 Å². The molecule has 1 aliphatic rings. The molecule has 0 unspecified atom stereocenters. The second-order valence-electron chi connectivity index (χ2n) is 6.02. The van der Waals surface area contributed by atoms with Crippen molar-refractivity contribution in [3.05, 3.63) is 18.2 Å². The normalized spacial score (nSPS) is 17.2. The van der Waals surface area contributed by atoms with Crippen LogP contribution in [0.25, 0.3) is 0 Å². The Morgan fingerprint density at radius 2 is 2.00 bits per heavy atom. The second kappa shape index (κ2) is 7.90. The second-order valence-corrected chi connectivity index (χ2v) is 6.02. The van der Waals surface area contributed by atoms with Gasteiger partial charge in [-0.1, -0.05) is 0 Å². The number of piperidine rings is 1. The molecule has 0 aromatic heterocycles. The van der Waals surface area contributed by atoms with Crippen molar-refractivity contribution in [2.24, 2.45) is 5.92 Å². The first kappa shape index (κ1) is 17.9. The molecule has 1 heterocycles. The molecule has 1 aromatic carbocycles. The molecule has 7 heteroatoms. The largest absolute Gasteiger partial charge is 0.497 e. The van der Waals surface area contributed by atoms with Crippen molar-refractivity contribution < 1.29 is 19.1 Å². The number of carbonyl (C=O) groups excluding carboxylic acids is 2. The van der Waals surface area contributed by atoms with Gasteiger partial charge in [0.15, 0.2) is 0 Å². The SMILES string of the molecule is COc1ccc(OC)c(NC(=O)[C@H]2CCCN(C(=O)N(C)C)C2)c1. The molecule has 0 radical (unpaired) electrons. The number of rotatable bonds is 4. The van der Waals surface area contributed by atoms with Gasteiger partial charge >= 0.3 is 6.03 Å². The summed E-state index contributed by atoms with van der Waals surface area (Å²) in [5.74, 6) is 0.858. The summed E-state index contributed by atoms with van der Waals surface area (Å²) in [7, 11) is 6.55. The standard InChI is InChI=1S/C17H25N3O4/c1-19(2)17(22)20-9-5-6-12(11-20)16(21)18-14-10-13(23-3)7-8-15(14)24-4/h7-8,10,12H,5-6,9,11H2,1-4H3,(H,18,21)/t12-/m0/s1. The van der Waals surface area contributed by atoms with Crippen LogP contribution in [0, 0.1) is 5.92 Å². The number of nitrogens with one attached hydrogen (secondary N) is 1. The van der Waals surface area contributed by atoms with E-state index in [9.17, 15) is 9.59 Å². The predicted molar refractivity (Wildman–Crippen MR) is 91.6 cm³/mol. The van der Waals surface area contributed by atoms with Crippen LogP contribution in [0.4, 0.5) is 10.5 Å².